The molecule has 0 bridgehead atoms. The predicted octanol–water partition coefficient (Wildman–Crippen LogP) is 3.14. The molecule has 1 aliphatic rings. The van der Waals surface area contributed by atoms with E-state index in [1.165, 1.54) is 0 Å². The Morgan fingerprint density at radius 3 is 2.32 bits per heavy atom. The third kappa shape index (κ3) is 2.90. The summed E-state index contributed by atoms with van der Waals surface area (Å²) in [6.45, 7) is 0.331. The zero-order chi connectivity index (χ0) is 16.2. The molecule has 1 saturated carbocycles. The number of benzene rings is 1. The lowest BCUT2D eigenvalue weighted by Gasteiger charge is -2.36. The highest BCUT2D eigenvalue weighted by molar-refractivity contribution is 5.83. The van der Waals surface area contributed by atoms with Crippen LogP contribution in [0.3, 0.4) is 0 Å². The highest BCUT2D eigenvalue weighted by atomic mass is 16.5. The quantitative estimate of drug-likeness (QED) is 0.874. The molecule has 0 aliphatic heterocycles. The van der Waals surface area contributed by atoms with E-state index in [0.717, 1.165) is 30.4 Å². The largest absolute Gasteiger partial charge is 0.497 e. The number of methoxy groups -OCH3 is 3. The van der Waals surface area contributed by atoms with Crippen molar-refractivity contribution >= 4 is 5.97 Å². The summed E-state index contributed by atoms with van der Waals surface area (Å²) in [6, 6.07) is 3.61. The van der Waals surface area contributed by atoms with Crippen LogP contribution in [0.15, 0.2) is 12.1 Å². The van der Waals surface area contributed by atoms with E-state index >= 15 is 0 Å². The van der Waals surface area contributed by atoms with Gasteiger partial charge >= 0.3 is 5.97 Å². The van der Waals surface area contributed by atoms with E-state index in [1.807, 2.05) is 6.07 Å². The molecule has 0 unspecified atom stereocenters. The van der Waals surface area contributed by atoms with Crippen molar-refractivity contribution in [3.63, 3.8) is 0 Å². The third-order valence-corrected chi connectivity index (χ3v) is 4.51. The van der Waals surface area contributed by atoms with Gasteiger partial charge < -0.3 is 19.3 Å². The third-order valence-electron chi connectivity index (χ3n) is 4.51. The summed E-state index contributed by atoms with van der Waals surface area (Å²) in [5.74, 6) is 0.424. The molecule has 0 heterocycles. The van der Waals surface area contributed by atoms with Crippen molar-refractivity contribution in [1.82, 2.24) is 0 Å². The molecule has 0 atom stereocenters. The number of carboxylic acid groups (broad SMARTS) is 1. The maximum atomic E-state index is 12.1. The Balaban J connectivity index is 2.66. The van der Waals surface area contributed by atoms with Gasteiger partial charge in [-0.3, -0.25) is 4.79 Å². The summed E-state index contributed by atoms with van der Waals surface area (Å²) < 4.78 is 16.1. The Labute approximate surface area is 131 Å². The molecule has 0 spiro atoms. The molecular formula is C17H24O5. The number of aliphatic carboxylic acids is 1. The Kier molecular flexibility index (Phi) is 5.29. The van der Waals surface area contributed by atoms with Gasteiger partial charge in [0.25, 0.3) is 0 Å². The molecule has 0 saturated heterocycles. The van der Waals surface area contributed by atoms with Crippen molar-refractivity contribution in [3.05, 3.63) is 23.3 Å². The zero-order valence-corrected chi connectivity index (χ0v) is 13.5. The monoisotopic (exact) mass is 308 g/mol. The summed E-state index contributed by atoms with van der Waals surface area (Å²) in [5.41, 5.74) is 0.664. The van der Waals surface area contributed by atoms with Crippen LogP contribution in [-0.2, 0) is 21.6 Å². The number of rotatable bonds is 6. The standard InChI is InChI=1S/C17H24O5/c1-20-11-12-9-13(21-2)10-14(22-3)15(12)17(16(18)19)7-5-4-6-8-17/h9-10H,4-8,11H2,1-3H3,(H,18,19). The van der Waals surface area contributed by atoms with Gasteiger partial charge in [-0.2, -0.15) is 0 Å². The average molecular weight is 308 g/mol. The van der Waals surface area contributed by atoms with Gasteiger partial charge in [-0.25, -0.2) is 0 Å². The SMILES string of the molecule is COCc1cc(OC)cc(OC)c1C1(C(=O)O)CCCCC1. The second-order valence-corrected chi connectivity index (χ2v) is 5.74. The van der Waals surface area contributed by atoms with E-state index in [0.29, 0.717) is 30.9 Å². The molecule has 1 aliphatic carbocycles. The van der Waals surface area contributed by atoms with Crippen molar-refractivity contribution in [3.8, 4) is 11.5 Å². The normalized spacial score (nSPS) is 17.0. The van der Waals surface area contributed by atoms with E-state index in [1.54, 1.807) is 27.4 Å². The fourth-order valence-electron chi connectivity index (χ4n) is 3.46. The van der Waals surface area contributed by atoms with Crippen LogP contribution in [0, 0.1) is 0 Å². The number of carbonyl (C=O) groups is 1. The van der Waals surface area contributed by atoms with Crippen LogP contribution in [0.25, 0.3) is 0 Å². The van der Waals surface area contributed by atoms with Crippen LogP contribution in [0.1, 0.15) is 43.2 Å². The Morgan fingerprint density at radius 2 is 1.82 bits per heavy atom. The van der Waals surface area contributed by atoms with Crippen molar-refractivity contribution in [2.45, 2.75) is 44.1 Å². The maximum absolute atomic E-state index is 12.1. The molecule has 0 radical (unpaired) electrons. The van der Waals surface area contributed by atoms with Gasteiger partial charge in [0.05, 0.1) is 26.2 Å². The minimum Gasteiger partial charge on any atom is -0.497 e. The van der Waals surface area contributed by atoms with Crippen LogP contribution in [0.2, 0.25) is 0 Å². The molecule has 122 valence electrons. The molecule has 1 aromatic carbocycles. The topological polar surface area (TPSA) is 65.0 Å². The van der Waals surface area contributed by atoms with Gasteiger partial charge in [0, 0.05) is 18.7 Å². The summed E-state index contributed by atoms with van der Waals surface area (Å²) in [6.07, 6.45) is 4.15. The number of hydrogen-bond acceptors (Lipinski definition) is 4. The average Bonchev–Trinajstić information content (AvgIpc) is 2.54. The highest BCUT2D eigenvalue weighted by Crippen LogP contribution is 2.46. The van der Waals surface area contributed by atoms with Crippen molar-refractivity contribution in [2.24, 2.45) is 0 Å². The molecule has 1 aromatic rings. The number of hydrogen-bond donors (Lipinski definition) is 1. The first-order valence-corrected chi connectivity index (χ1v) is 7.56. The molecule has 22 heavy (non-hydrogen) atoms. The lowest BCUT2D eigenvalue weighted by Crippen LogP contribution is -2.39. The molecule has 0 amide bonds. The molecule has 5 heteroatoms. The van der Waals surface area contributed by atoms with Crippen LogP contribution in [0.4, 0.5) is 0 Å². The van der Waals surface area contributed by atoms with Crippen LogP contribution in [0.5, 0.6) is 11.5 Å². The van der Waals surface area contributed by atoms with Gasteiger partial charge in [-0.1, -0.05) is 19.3 Å². The van der Waals surface area contributed by atoms with Gasteiger partial charge in [-0.05, 0) is 24.5 Å². The first-order chi connectivity index (χ1) is 10.6. The Hall–Kier alpha value is -1.75. The summed E-state index contributed by atoms with van der Waals surface area (Å²) in [4.78, 5) is 12.1. The molecule has 5 nitrogen and oxygen atoms in total. The van der Waals surface area contributed by atoms with E-state index in [9.17, 15) is 9.90 Å². The van der Waals surface area contributed by atoms with Gasteiger partial charge in [0.1, 0.15) is 11.5 Å². The first kappa shape index (κ1) is 16.6. The van der Waals surface area contributed by atoms with Crippen molar-refractivity contribution in [2.75, 3.05) is 21.3 Å². The molecule has 2 rings (SSSR count). The fraction of sp³-hybridized carbons (Fsp3) is 0.588. The maximum Gasteiger partial charge on any atom is 0.314 e. The Morgan fingerprint density at radius 1 is 1.14 bits per heavy atom. The van der Waals surface area contributed by atoms with Crippen LogP contribution < -0.4 is 9.47 Å². The van der Waals surface area contributed by atoms with Gasteiger partial charge in [0.15, 0.2) is 0 Å². The van der Waals surface area contributed by atoms with Crippen LogP contribution >= 0.6 is 0 Å². The van der Waals surface area contributed by atoms with E-state index in [4.69, 9.17) is 14.2 Å². The van der Waals surface area contributed by atoms with E-state index in [2.05, 4.69) is 0 Å². The Bertz CT molecular complexity index is 532. The molecular weight excluding hydrogens is 284 g/mol. The highest BCUT2D eigenvalue weighted by Gasteiger charge is 2.45. The number of ether oxygens (including phenoxy) is 3. The molecule has 1 fully saturated rings. The molecule has 0 aromatic heterocycles. The van der Waals surface area contributed by atoms with Crippen molar-refractivity contribution < 1.29 is 24.1 Å². The summed E-state index contributed by atoms with van der Waals surface area (Å²) in [7, 11) is 4.75. The summed E-state index contributed by atoms with van der Waals surface area (Å²) >= 11 is 0. The predicted molar refractivity (Wildman–Crippen MR) is 82.7 cm³/mol. The molecule has 1 N–H and O–H groups in total. The lowest BCUT2D eigenvalue weighted by molar-refractivity contribution is -0.145. The minimum atomic E-state index is -0.899. The van der Waals surface area contributed by atoms with Gasteiger partial charge in [-0.15, -0.1) is 0 Å². The summed E-state index contributed by atoms with van der Waals surface area (Å²) in [5, 5.41) is 9.95. The van der Waals surface area contributed by atoms with Crippen molar-refractivity contribution in [1.29, 1.82) is 0 Å². The van der Waals surface area contributed by atoms with E-state index in [-0.39, 0.29) is 0 Å². The van der Waals surface area contributed by atoms with Crippen LogP contribution in [-0.4, -0.2) is 32.4 Å². The number of carboxylic acids is 1. The minimum absolute atomic E-state index is 0.331. The lowest BCUT2D eigenvalue weighted by atomic mass is 9.67. The smallest absolute Gasteiger partial charge is 0.314 e. The van der Waals surface area contributed by atoms with E-state index < -0.39 is 11.4 Å². The van der Waals surface area contributed by atoms with Gasteiger partial charge in [0.2, 0.25) is 0 Å². The first-order valence-electron chi connectivity index (χ1n) is 7.56. The second-order valence-electron chi connectivity index (χ2n) is 5.74. The fourth-order valence-corrected chi connectivity index (χ4v) is 3.46. The second kappa shape index (κ2) is 7.01. The zero-order valence-electron chi connectivity index (χ0n) is 13.5.